The number of aliphatic carboxylic acids is 1. The standard InChI is InChI=1S/C15H14N2O4/c18-14(17(9-15(19)20)10-5-6-10)8-7-13-16-11-3-1-2-4-12(11)21-13/h1-4,7-8,10H,5-6,9H2,(H,19,20)/b8-7+. The molecule has 1 fully saturated rings. The molecule has 0 unspecified atom stereocenters. The SMILES string of the molecule is O=C(O)CN(C(=O)/C=C/c1nc2ccccc2o1)C1CC1. The molecular formula is C15H14N2O4. The Morgan fingerprint density at radius 2 is 2.14 bits per heavy atom. The van der Waals surface area contributed by atoms with E-state index in [9.17, 15) is 9.59 Å². The summed E-state index contributed by atoms with van der Waals surface area (Å²) >= 11 is 0. The minimum Gasteiger partial charge on any atom is -0.480 e. The molecule has 0 saturated heterocycles. The average Bonchev–Trinajstić information content (AvgIpc) is 3.21. The Hall–Kier alpha value is -2.63. The van der Waals surface area contributed by atoms with Crippen molar-refractivity contribution in [3.8, 4) is 0 Å². The Morgan fingerprint density at radius 3 is 2.81 bits per heavy atom. The van der Waals surface area contributed by atoms with Crippen LogP contribution in [0.5, 0.6) is 0 Å². The molecule has 1 saturated carbocycles. The summed E-state index contributed by atoms with van der Waals surface area (Å²) in [6.45, 7) is -0.276. The van der Waals surface area contributed by atoms with Gasteiger partial charge in [-0.2, -0.15) is 0 Å². The number of rotatable bonds is 5. The third kappa shape index (κ3) is 3.10. The highest BCUT2D eigenvalue weighted by atomic mass is 16.4. The highest BCUT2D eigenvalue weighted by molar-refractivity contribution is 5.93. The Labute approximate surface area is 120 Å². The second kappa shape index (κ2) is 5.40. The number of carbonyl (C=O) groups is 2. The number of nitrogens with zero attached hydrogens (tertiary/aromatic N) is 2. The number of hydrogen-bond donors (Lipinski definition) is 1. The van der Waals surface area contributed by atoms with Gasteiger partial charge >= 0.3 is 5.97 Å². The number of carboxylic acids is 1. The van der Waals surface area contributed by atoms with E-state index < -0.39 is 5.97 Å². The minimum absolute atomic E-state index is 0.0434. The second-order valence-corrected chi connectivity index (χ2v) is 4.94. The number of amides is 1. The maximum Gasteiger partial charge on any atom is 0.323 e. The van der Waals surface area contributed by atoms with Gasteiger partial charge < -0.3 is 14.4 Å². The number of para-hydroxylation sites is 2. The predicted molar refractivity (Wildman–Crippen MR) is 75.4 cm³/mol. The normalized spacial score (nSPS) is 14.7. The van der Waals surface area contributed by atoms with Crippen molar-refractivity contribution in [3.05, 3.63) is 36.2 Å². The zero-order valence-electron chi connectivity index (χ0n) is 11.2. The van der Waals surface area contributed by atoms with Crippen LogP contribution in [-0.4, -0.2) is 39.5 Å². The van der Waals surface area contributed by atoms with Gasteiger partial charge in [0.25, 0.3) is 0 Å². The van der Waals surface area contributed by atoms with Crippen molar-refractivity contribution in [3.63, 3.8) is 0 Å². The Balaban J connectivity index is 1.74. The molecule has 0 bridgehead atoms. The van der Waals surface area contributed by atoms with Crippen LogP contribution >= 0.6 is 0 Å². The maximum atomic E-state index is 12.1. The van der Waals surface area contributed by atoms with E-state index in [0.29, 0.717) is 17.0 Å². The summed E-state index contributed by atoms with van der Waals surface area (Å²) in [6, 6.07) is 7.35. The van der Waals surface area contributed by atoms with Crippen LogP contribution in [0.4, 0.5) is 0 Å². The van der Waals surface area contributed by atoms with Crippen molar-refractivity contribution in [2.24, 2.45) is 0 Å². The fourth-order valence-corrected chi connectivity index (χ4v) is 2.12. The molecule has 6 heteroatoms. The van der Waals surface area contributed by atoms with Gasteiger partial charge in [0.1, 0.15) is 12.1 Å². The Kier molecular flexibility index (Phi) is 3.43. The van der Waals surface area contributed by atoms with Crippen molar-refractivity contribution in [1.82, 2.24) is 9.88 Å². The van der Waals surface area contributed by atoms with Gasteiger partial charge in [-0.25, -0.2) is 4.98 Å². The molecule has 1 aromatic heterocycles. The number of hydrogen-bond acceptors (Lipinski definition) is 4. The summed E-state index contributed by atoms with van der Waals surface area (Å²) < 4.78 is 5.47. The van der Waals surface area contributed by atoms with E-state index in [-0.39, 0.29) is 18.5 Å². The topological polar surface area (TPSA) is 83.6 Å². The van der Waals surface area contributed by atoms with Gasteiger partial charge in [-0.1, -0.05) is 12.1 Å². The van der Waals surface area contributed by atoms with E-state index >= 15 is 0 Å². The van der Waals surface area contributed by atoms with Gasteiger partial charge in [-0.05, 0) is 25.0 Å². The quantitative estimate of drug-likeness (QED) is 0.849. The van der Waals surface area contributed by atoms with Gasteiger partial charge in [0.2, 0.25) is 11.8 Å². The van der Waals surface area contributed by atoms with Gasteiger partial charge in [-0.15, -0.1) is 0 Å². The minimum atomic E-state index is -1.01. The molecule has 108 valence electrons. The van der Waals surface area contributed by atoms with Crippen LogP contribution in [0.15, 0.2) is 34.8 Å². The van der Waals surface area contributed by atoms with Crippen molar-refractivity contribution in [2.75, 3.05) is 6.54 Å². The highest BCUT2D eigenvalue weighted by Gasteiger charge is 2.32. The summed E-state index contributed by atoms with van der Waals surface area (Å²) in [4.78, 5) is 28.4. The van der Waals surface area contributed by atoms with Gasteiger partial charge in [0.05, 0.1) is 0 Å². The molecule has 1 aliphatic rings. The van der Waals surface area contributed by atoms with Crippen LogP contribution in [0.2, 0.25) is 0 Å². The van der Waals surface area contributed by atoms with Crippen molar-refractivity contribution in [2.45, 2.75) is 18.9 Å². The summed E-state index contributed by atoms with van der Waals surface area (Å²) in [5.74, 6) is -1.01. The Bertz CT molecular complexity index is 682. The van der Waals surface area contributed by atoms with Gasteiger partial charge in [0.15, 0.2) is 5.58 Å². The first-order chi connectivity index (χ1) is 10.1. The molecule has 3 rings (SSSR count). The third-order valence-electron chi connectivity index (χ3n) is 3.26. The number of fused-ring (bicyclic) bond motifs is 1. The molecule has 1 N–H and O–H groups in total. The molecule has 1 amide bonds. The third-order valence-corrected chi connectivity index (χ3v) is 3.26. The van der Waals surface area contributed by atoms with E-state index in [2.05, 4.69) is 4.98 Å². The molecule has 1 aliphatic carbocycles. The number of benzene rings is 1. The lowest BCUT2D eigenvalue weighted by molar-refractivity contribution is -0.143. The van der Waals surface area contributed by atoms with Crippen LogP contribution < -0.4 is 0 Å². The van der Waals surface area contributed by atoms with Crippen LogP contribution in [0, 0.1) is 0 Å². The van der Waals surface area contributed by atoms with Crippen molar-refractivity contribution >= 4 is 29.1 Å². The number of carboxylic acid groups (broad SMARTS) is 1. The smallest absolute Gasteiger partial charge is 0.323 e. The van der Waals surface area contributed by atoms with Crippen molar-refractivity contribution < 1.29 is 19.1 Å². The molecule has 1 aromatic carbocycles. The molecule has 2 aromatic rings. The first-order valence-corrected chi connectivity index (χ1v) is 6.69. The largest absolute Gasteiger partial charge is 0.480 e. The van der Waals surface area contributed by atoms with E-state index in [0.717, 1.165) is 12.8 Å². The van der Waals surface area contributed by atoms with E-state index in [1.54, 1.807) is 6.07 Å². The number of oxazole rings is 1. The zero-order valence-corrected chi connectivity index (χ0v) is 11.2. The van der Waals surface area contributed by atoms with Gasteiger partial charge in [-0.3, -0.25) is 9.59 Å². The molecule has 6 nitrogen and oxygen atoms in total. The van der Waals surface area contributed by atoms with E-state index in [4.69, 9.17) is 9.52 Å². The lowest BCUT2D eigenvalue weighted by Crippen LogP contribution is -2.36. The molecule has 0 atom stereocenters. The Morgan fingerprint density at radius 1 is 1.38 bits per heavy atom. The monoisotopic (exact) mass is 286 g/mol. The van der Waals surface area contributed by atoms with Crippen molar-refractivity contribution in [1.29, 1.82) is 0 Å². The molecule has 1 heterocycles. The second-order valence-electron chi connectivity index (χ2n) is 4.94. The van der Waals surface area contributed by atoms with E-state index in [1.165, 1.54) is 17.1 Å². The molecule has 0 spiro atoms. The number of aromatic nitrogens is 1. The number of carbonyl (C=O) groups excluding carboxylic acids is 1. The van der Waals surface area contributed by atoms with Crippen LogP contribution in [0.1, 0.15) is 18.7 Å². The summed E-state index contributed by atoms with van der Waals surface area (Å²) in [5.41, 5.74) is 1.36. The van der Waals surface area contributed by atoms with Crippen LogP contribution in [0.25, 0.3) is 17.2 Å². The molecule has 21 heavy (non-hydrogen) atoms. The maximum absolute atomic E-state index is 12.1. The fourth-order valence-electron chi connectivity index (χ4n) is 2.12. The van der Waals surface area contributed by atoms with Gasteiger partial charge in [0, 0.05) is 18.2 Å². The van der Waals surface area contributed by atoms with E-state index in [1.807, 2.05) is 18.2 Å². The summed E-state index contributed by atoms with van der Waals surface area (Å²) in [6.07, 6.45) is 4.50. The lowest BCUT2D eigenvalue weighted by atomic mass is 10.3. The van der Waals surface area contributed by atoms with Crippen LogP contribution in [0.3, 0.4) is 0 Å². The first kappa shape index (κ1) is 13.4. The molecular weight excluding hydrogens is 272 g/mol. The highest BCUT2D eigenvalue weighted by Crippen LogP contribution is 2.27. The fraction of sp³-hybridized carbons (Fsp3) is 0.267. The molecule has 0 aliphatic heterocycles. The zero-order chi connectivity index (χ0) is 14.8. The molecule has 0 radical (unpaired) electrons. The average molecular weight is 286 g/mol. The first-order valence-electron chi connectivity index (χ1n) is 6.69. The summed E-state index contributed by atoms with van der Waals surface area (Å²) in [7, 11) is 0. The summed E-state index contributed by atoms with van der Waals surface area (Å²) in [5, 5.41) is 8.84. The lowest BCUT2D eigenvalue weighted by Gasteiger charge is -2.17. The van der Waals surface area contributed by atoms with Crippen LogP contribution in [-0.2, 0) is 9.59 Å². The predicted octanol–water partition coefficient (Wildman–Crippen LogP) is 1.92.